The zero-order valence-corrected chi connectivity index (χ0v) is 14.1. The van der Waals surface area contributed by atoms with E-state index in [0.717, 1.165) is 21.4 Å². The minimum atomic E-state index is -0.165. The maximum absolute atomic E-state index is 12.3. The van der Waals surface area contributed by atoms with E-state index in [1.165, 1.54) is 0 Å². The Bertz CT molecular complexity index is 680. The summed E-state index contributed by atoms with van der Waals surface area (Å²) in [6, 6.07) is 5.33. The van der Waals surface area contributed by atoms with Gasteiger partial charge in [-0.1, -0.05) is 15.9 Å². The van der Waals surface area contributed by atoms with E-state index in [1.807, 2.05) is 31.6 Å². The molecule has 21 heavy (non-hydrogen) atoms. The van der Waals surface area contributed by atoms with Crippen LogP contribution < -0.4 is 10.1 Å². The summed E-state index contributed by atoms with van der Waals surface area (Å²) in [5.41, 5.74) is 3.54. The van der Waals surface area contributed by atoms with Gasteiger partial charge in [-0.2, -0.15) is 5.10 Å². The van der Waals surface area contributed by atoms with Crippen LogP contribution in [-0.2, 0) is 13.6 Å². The number of aromatic nitrogens is 2. The van der Waals surface area contributed by atoms with Crippen LogP contribution >= 0.6 is 15.9 Å². The average molecular weight is 352 g/mol. The van der Waals surface area contributed by atoms with Crippen LogP contribution in [-0.4, -0.2) is 22.8 Å². The summed E-state index contributed by atoms with van der Waals surface area (Å²) >= 11 is 3.36. The Morgan fingerprint density at radius 3 is 2.71 bits per heavy atom. The van der Waals surface area contributed by atoms with E-state index in [1.54, 1.807) is 19.2 Å². The Morgan fingerprint density at radius 2 is 2.14 bits per heavy atom. The van der Waals surface area contributed by atoms with E-state index in [4.69, 9.17) is 4.74 Å². The van der Waals surface area contributed by atoms with Crippen molar-refractivity contribution in [2.24, 2.45) is 7.05 Å². The van der Waals surface area contributed by atoms with Crippen LogP contribution in [0.4, 0.5) is 0 Å². The van der Waals surface area contributed by atoms with E-state index in [0.29, 0.717) is 17.9 Å². The molecule has 0 atom stereocenters. The molecule has 0 radical (unpaired) electrons. The summed E-state index contributed by atoms with van der Waals surface area (Å²) < 4.78 is 7.93. The van der Waals surface area contributed by atoms with E-state index in [9.17, 15) is 4.79 Å². The molecule has 0 aliphatic rings. The predicted molar refractivity (Wildman–Crippen MR) is 84.5 cm³/mol. The minimum absolute atomic E-state index is 0.165. The molecule has 1 aromatic carbocycles. The Labute approximate surface area is 132 Å². The first-order valence-electron chi connectivity index (χ1n) is 6.55. The molecule has 0 saturated heterocycles. The summed E-state index contributed by atoms with van der Waals surface area (Å²) in [4.78, 5) is 12.3. The number of hydrogen-bond donors (Lipinski definition) is 1. The van der Waals surface area contributed by atoms with Crippen LogP contribution in [0.5, 0.6) is 5.75 Å². The fraction of sp³-hybridized carbons (Fsp3) is 0.333. The zero-order chi connectivity index (χ0) is 15.6. The molecule has 0 saturated carbocycles. The standard InChI is InChI=1S/C15H18BrN3O2/c1-9-13(10(2)19(3)18-9)8-17-15(20)12-6-5-11(16)7-14(12)21-4/h5-7H,8H2,1-4H3,(H,17,20). The molecule has 0 aliphatic heterocycles. The number of nitrogens with one attached hydrogen (secondary N) is 1. The smallest absolute Gasteiger partial charge is 0.255 e. The topological polar surface area (TPSA) is 56.1 Å². The number of ether oxygens (including phenoxy) is 1. The lowest BCUT2D eigenvalue weighted by Gasteiger charge is -2.10. The quantitative estimate of drug-likeness (QED) is 0.921. The second kappa shape index (κ2) is 6.30. The lowest BCUT2D eigenvalue weighted by molar-refractivity contribution is 0.0948. The largest absolute Gasteiger partial charge is 0.496 e. The second-order valence-electron chi connectivity index (χ2n) is 4.80. The Morgan fingerprint density at radius 1 is 1.43 bits per heavy atom. The number of benzene rings is 1. The number of halogens is 1. The van der Waals surface area contributed by atoms with E-state index in [-0.39, 0.29) is 5.91 Å². The number of aryl methyl sites for hydroxylation is 2. The highest BCUT2D eigenvalue weighted by atomic mass is 79.9. The van der Waals surface area contributed by atoms with Crippen molar-refractivity contribution in [2.75, 3.05) is 7.11 Å². The number of amides is 1. The molecular weight excluding hydrogens is 334 g/mol. The van der Waals surface area contributed by atoms with Gasteiger partial charge in [-0.05, 0) is 32.0 Å². The second-order valence-corrected chi connectivity index (χ2v) is 5.72. The van der Waals surface area contributed by atoms with Crippen molar-refractivity contribution in [2.45, 2.75) is 20.4 Å². The van der Waals surface area contributed by atoms with Gasteiger partial charge in [0.05, 0.1) is 18.4 Å². The van der Waals surface area contributed by atoms with Gasteiger partial charge in [-0.15, -0.1) is 0 Å². The fourth-order valence-electron chi connectivity index (χ4n) is 2.19. The normalized spacial score (nSPS) is 10.5. The molecule has 1 aromatic heterocycles. The minimum Gasteiger partial charge on any atom is -0.496 e. The molecule has 2 rings (SSSR count). The third-order valence-electron chi connectivity index (χ3n) is 3.49. The average Bonchev–Trinajstić information content (AvgIpc) is 2.69. The van der Waals surface area contributed by atoms with Crippen LogP contribution in [0.3, 0.4) is 0 Å². The van der Waals surface area contributed by atoms with Gasteiger partial charge < -0.3 is 10.1 Å². The number of nitrogens with zero attached hydrogens (tertiary/aromatic N) is 2. The van der Waals surface area contributed by atoms with Gasteiger partial charge in [0.15, 0.2) is 0 Å². The zero-order valence-electron chi connectivity index (χ0n) is 12.5. The van der Waals surface area contributed by atoms with Gasteiger partial charge in [-0.25, -0.2) is 0 Å². The number of methoxy groups -OCH3 is 1. The van der Waals surface area contributed by atoms with Crippen molar-refractivity contribution in [3.8, 4) is 5.75 Å². The number of rotatable bonds is 4. The highest BCUT2D eigenvalue weighted by Gasteiger charge is 2.15. The number of hydrogen-bond acceptors (Lipinski definition) is 3. The molecular formula is C15H18BrN3O2. The van der Waals surface area contributed by atoms with Crippen molar-refractivity contribution in [1.29, 1.82) is 0 Å². The lowest BCUT2D eigenvalue weighted by atomic mass is 10.1. The molecule has 0 fully saturated rings. The van der Waals surface area contributed by atoms with Crippen molar-refractivity contribution in [3.05, 3.63) is 45.2 Å². The number of carbonyl (C=O) groups is 1. The van der Waals surface area contributed by atoms with Crippen molar-refractivity contribution >= 4 is 21.8 Å². The highest BCUT2D eigenvalue weighted by Crippen LogP contribution is 2.23. The predicted octanol–water partition coefficient (Wildman–Crippen LogP) is 2.74. The third-order valence-corrected chi connectivity index (χ3v) is 3.99. The summed E-state index contributed by atoms with van der Waals surface area (Å²) in [6.07, 6.45) is 0. The molecule has 1 heterocycles. The molecule has 5 nitrogen and oxygen atoms in total. The lowest BCUT2D eigenvalue weighted by Crippen LogP contribution is -2.24. The van der Waals surface area contributed by atoms with Gasteiger partial charge in [0.25, 0.3) is 5.91 Å². The van der Waals surface area contributed by atoms with Gasteiger partial charge in [0.2, 0.25) is 0 Å². The van der Waals surface area contributed by atoms with E-state index < -0.39 is 0 Å². The van der Waals surface area contributed by atoms with Crippen LogP contribution in [0.1, 0.15) is 27.3 Å². The Balaban J connectivity index is 2.15. The van der Waals surface area contributed by atoms with Crippen molar-refractivity contribution < 1.29 is 9.53 Å². The SMILES string of the molecule is COc1cc(Br)ccc1C(=O)NCc1c(C)nn(C)c1C. The molecule has 0 bridgehead atoms. The monoisotopic (exact) mass is 351 g/mol. The number of carbonyl (C=O) groups excluding carboxylic acids is 1. The van der Waals surface area contributed by atoms with Gasteiger partial charge in [0, 0.05) is 29.3 Å². The van der Waals surface area contributed by atoms with Crippen LogP contribution in [0, 0.1) is 13.8 Å². The Hall–Kier alpha value is -1.82. The highest BCUT2D eigenvalue weighted by molar-refractivity contribution is 9.10. The van der Waals surface area contributed by atoms with Crippen LogP contribution in [0.15, 0.2) is 22.7 Å². The van der Waals surface area contributed by atoms with Crippen molar-refractivity contribution in [1.82, 2.24) is 15.1 Å². The molecule has 0 aliphatic carbocycles. The van der Waals surface area contributed by atoms with Gasteiger partial charge >= 0.3 is 0 Å². The van der Waals surface area contributed by atoms with Crippen LogP contribution in [0.25, 0.3) is 0 Å². The molecule has 6 heteroatoms. The first-order chi connectivity index (χ1) is 9.93. The maximum Gasteiger partial charge on any atom is 0.255 e. The molecule has 1 N–H and O–H groups in total. The third kappa shape index (κ3) is 3.26. The summed E-state index contributed by atoms with van der Waals surface area (Å²) in [6.45, 7) is 4.37. The summed E-state index contributed by atoms with van der Waals surface area (Å²) in [5, 5.41) is 7.26. The van der Waals surface area contributed by atoms with Crippen LogP contribution in [0.2, 0.25) is 0 Å². The summed E-state index contributed by atoms with van der Waals surface area (Å²) in [7, 11) is 3.44. The first kappa shape index (κ1) is 15.6. The molecule has 1 amide bonds. The molecule has 112 valence electrons. The maximum atomic E-state index is 12.3. The van der Waals surface area contributed by atoms with Gasteiger partial charge in [-0.3, -0.25) is 9.48 Å². The summed E-state index contributed by atoms with van der Waals surface area (Å²) in [5.74, 6) is 0.378. The van der Waals surface area contributed by atoms with E-state index >= 15 is 0 Å². The molecule has 2 aromatic rings. The molecule has 0 spiro atoms. The molecule has 0 unspecified atom stereocenters. The van der Waals surface area contributed by atoms with E-state index in [2.05, 4.69) is 26.3 Å². The fourth-order valence-corrected chi connectivity index (χ4v) is 2.53. The van der Waals surface area contributed by atoms with Crippen molar-refractivity contribution in [3.63, 3.8) is 0 Å². The Kier molecular flexibility index (Phi) is 4.67. The first-order valence-corrected chi connectivity index (χ1v) is 7.34. The van der Waals surface area contributed by atoms with Gasteiger partial charge in [0.1, 0.15) is 5.75 Å².